The van der Waals surface area contributed by atoms with Crippen molar-refractivity contribution in [2.45, 2.75) is 18.0 Å². The van der Waals surface area contributed by atoms with Crippen molar-refractivity contribution < 1.29 is 21.6 Å². The molecule has 0 aromatic heterocycles. The summed E-state index contributed by atoms with van der Waals surface area (Å²) in [6.07, 6.45) is -3.69. The molecule has 0 aliphatic carbocycles. The molecule has 0 amide bonds. The third-order valence-corrected chi connectivity index (χ3v) is 3.30. The van der Waals surface area contributed by atoms with Crippen molar-refractivity contribution in [1.82, 2.24) is 0 Å². The van der Waals surface area contributed by atoms with E-state index in [0.29, 0.717) is 11.6 Å². The number of halogens is 3. The number of allylic oxidation sites excluding steroid dienone is 1. The minimum absolute atomic E-state index is 0.209. The molecule has 0 fully saturated rings. The topological polar surface area (TPSA) is 34.1 Å². The standard InChI is InChI=1S/C11H11F3O2S/c1-7(2)9-5-4-8(11(12,13)14)6-10(9)17(3,15)16/h4-6H,1H2,2-3H3. The molecule has 0 saturated heterocycles. The number of hydrogen-bond acceptors (Lipinski definition) is 2. The lowest BCUT2D eigenvalue weighted by atomic mass is 10.1. The SMILES string of the molecule is C=C(C)c1ccc(C(F)(F)F)cc1S(C)(=O)=O. The third-order valence-electron chi connectivity index (χ3n) is 2.17. The Labute approximate surface area is 97.7 Å². The van der Waals surface area contributed by atoms with Gasteiger partial charge in [0.05, 0.1) is 10.5 Å². The molecule has 0 N–H and O–H groups in total. The predicted octanol–water partition coefficient (Wildman–Crippen LogP) is 3.14. The van der Waals surface area contributed by atoms with Gasteiger partial charge in [0, 0.05) is 6.26 Å². The molecule has 94 valence electrons. The zero-order valence-corrected chi connectivity index (χ0v) is 10.1. The monoisotopic (exact) mass is 264 g/mol. The quantitative estimate of drug-likeness (QED) is 0.822. The Morgan fingerprint density at radius 3 is 2.18 bits per heavy atom. The molecule has 0 spiro atoms. The Kier molecular flexibility index (Phi) is 3.38. The van der Waals surface area contributed by atoms with Gasteiger partial charge in [-0.3, -0.25) is 0 Å². The Morgan fingerprint density at radius 1 is 1.29 bits per heavy atom. The van der Waals surface area contributed by atoms with Gasteiger partial charge >= 0.3 is 6.18 Å². The largest absolute Gasteiger partial charge is 0.416 e. The normalized spacial score (nSPS) is 12.5. The molecule has 1 aromatic rings. The van der Waals surface area contributed by atoms with Gasteiger partial charge < -0.3 is 0 Å². The predicted molar refractivity (Wildman–Crippen MR) is 59.3 cm³/mol. The van der Waals surface area contributed by atoms with Crippen LogP contribution in [0.25, 0.3) is 5.57 Å². The first kappa shape index (κ1) is 13.8. The summed E-state index contributed by atoms with van der Waals surface area (Å²) in [5.74, 6) is 0. The molecular weight excluding hydrogens is 253 g/mol. The summed E-state index contributed by atoms with van der Waals surface area (Å²) >= 11 is 0. The fourth-order valence-corrected chi connectivity index (χ4v) is 2.34. The number of alkyl halides is 3. The van der Waals surface area contributed by atoms with Crippen LogP contribution in [0.15, 0.2) is 29.7 Å². The molecule has 17 heavy (non-hydrogen) atoms. The summed E-state index contributed by atoms with van der Waals surface area (Å²) in [4.78, 5) is -0.347. The average molecular weight is 264 g/mol. The fourth-order valence-electron chi connectivity index (χ4n) is 1.36. The lowest BCUT2D eigenvalue weighted by Crippen LogP contribution is -2.09. The Bertz CT molecular complexity index is 557. The molecule has 0 aliphatic heterocycles. The minimum Gasteiger partial charge on any atom is -0.224 e. The van der Waals surface area contributed by atoms with Crippen LogP contribution in [0.3, 0.4) is 0 Å². The van der Waals surface area contributed by atoms with Gasteiger partial charge in [-0.25, -0.2) is 8.42 Å². The second-order valence-corrected chi connectivity index (χ2v) is 5.75. The molecule has 6 heteroatoms. The van der Waals surface area contributed by atoms with Crippen molar-refractivity contribution in [1.29, 1.82) is 0 Å². The van der Waals surface area contributed by atoms with Gasteiger partial charge in [0.2, 0.25) is 0 Å². The van der Waals surface area contributed by atoms with Crippen LogP contribution in [0.1, 0.15) is 18.1 Å². The van der Waals surface area contributed by atoms with E-state index < -0.39 is 21.6 Å². The lowest BCUT2D eigenvalue weighted by Gasteiger charge is -2.12. The summed E-state index contributed by atoms with van der Waals surface area (Å²) in [7, 11) is -3.72. The third kappa shape index (κ3) is 3.09. The van der Waals surface area contributed by atoms with Crippen LogP contribution in [0.5, 0.6) is 0 Å². The summed E-state index contributed by atoms with van der Waals surface area (Å²) in [6, 6.07) is 2.61. The van der Waals surface area contributed by atoms with Gasteiger partial charge in [-0.05, 0) is 30.2 Å². The van der Waals surface area contributed by atoms with Gasteiger partial charge in [0.15, 0.2) is 9.84 Å². The molecule has 0 radical (unpaired) electrons. The molecule has 1 rings (SSSR count). The molecule has 1 aromatic carbocycles. The smallest absolute Gasteiger partial charge is 0.224 e. The highest BCUT2D eigenvalue weighted by Crippen LogP contribution is 2.33. The minimum atomic E-state index is -4.56. The average Bonchev–Trinajstić information content (AvgIpc) is 2.14. The van der Waals surface area contributed by atoms with Gasteiger partial charge in [0.1, 0.15) is 0 Å². The highest BCUT2D eigenvalue weighted by molar-refractivity contribution is 7.90. The highest BCUT2D eigenvalue weighted by Gasteiger charge is 2.32. The maximum absolute atomic E-state index is 12.5. The molecule has 0 aliphatic rings. The van der Waals surface area contributed by atoms with Crippen LogP contribution >= 0.6 is 0 Å². The van der Waals surface area contributed by atoms with E-state index in [1.807, 2.05) is 0 Å². The van der Waals surface area contributed by atoms with E-state index >= 15 is 0 Å². The van der Waals surface area contributed by atoms with Crippen molar-refractivity contribution in [3.63, 3.8) is 0 Å². The number of sulfone groups is 1. The molecule has 0 heterocycles. The molecule has 0 atom stereocenters. The Hall–Kier alpha value is -1.30. The van der Waals surface area contributed by atoms with Crippen LogP contribution in [-0.2, 0) is 16.0 Å². The maximum atomic E-state index is 12.5. The van der Waals surface area contributed by atoms with Crippen LogP contribution in [0.2, 0.25) is 0 Å². The van der Waals surface area contributed by atoms with E-state index in [2.05, 4.69) is 6.58 Å². The van der Waals surface area contributed by atoms with E-state index in [0.717, 1.165) is 18.4 Å². The number of benzene rings is 1. The molecule has 0 saturated carbocycles. The summed E-state index contributed by atoms with van der Waals surface area (Å²) in [6.45, 7) is 5.08. The van der Waals surface area contributed by atoms with E-state index in [4.69, 9.17) is 0 Å². The fraction of sp³-hybridized carbons (Fsp3) is 0.273. The molecular formula is C11H11F3O2S. The van der Waals surface area contributed by atoms with Crippen molar-refractivity contribution in [3.05, 3.63) is 35.9 Å². The van der Waals surface area contributed by atoms with Gasteiger partial charge in [0.25, 0.3) is 0 Å². The van der Waals surface area contributed by atoms with Crippen molar-refractivity contribution in [2.24, 2.45) is 0 Å². The zero-order chi connectivity index (χ0) is 13.4. The molecule has 0 unspecified atom stereocenters. The lowest BCUT2D eigenvalue weighted by molar-refractivity contribution is -0.137. The van der Waals surface area contributed by atoms with Crippen LogP contribution in [0, 0.1) is 0 Å². The van der Waals surface area contributed by atoms with Gasteiger partial charge in [-0.2, -0.15) is 13.2 Å². The second-order valence-electron chi connectivity index (χ2n) is 3.76. The van der Waals surface area contributed by atoms with Gasteiger partial charge in [-0.15, -0.1) is 0 Å². The Balaban J connectivity index is 3.57. The van der Waals surface area contributed by atoms with Gasteiger partial charge in [-0.1, -0.05) is 12.6 Å². The number of hydrogen-bond donors (Lipinski definition) is 0. The van der Waals surface area contributed by atoms with E-state index in [1.165, 1.54) is 6.92 Å². The molecule has 0 bridgehead atoms. The van der Waals surface area contributed by atoms with Crippen molar-refractivity contribution >= 4 is 15.4 Å². The van der Waals surface area contributed by atoms with E-state index in [1.54, 1.807) is 0 Å². The summed E-state index contributed by atoms with van der Waals surface area (Å²) < 4.78 is 60.3. The Morgan fingerprint density at radius 2 is 1.82 bits per heavy atom. The first-order valence-electron chi connectivity index (χ1n) is 4.60. The maximum Gasteiger partial charge on any atom is 0.416 e. The summed E-state index contributed by atoms with van der Waals surface area (Å²) in [5, 5.41) is 0. The zero-order valence-electron chi connectivity index (χ0n) is 9.30. The van der Waals surface area contributed by atoms with Crippen molar-refractivity contribution in [2.75, 3.05) is 6.26 Å². The van der Waals surface area contributed by atoms with E-state index in [9.17, 15) is 21.6 Å². The first-order chi connectivity index (χ1) is 7.53. The van der Waals surface area contributed by atoms with Crippen LogP contribution in [0.4, 0.5) is 13.2 Å². The van der Waals surface area contributed by atoms with E-state index in [-0.39, 0.29) is 10.5 Å². The first-order valence-corrected chi connectivity index (χ1v) is 6.50. The van der Waals surface area contributed by atoms with Crippen LogP contribution < -0.4 is 0 Å². The van der Waals surface area contributed by atoms with Crippen LogP contribution in [-0.4, -0.2) is 14.7 Å². The number of rotatable bonds is 2. The highest BCUT2D eigenvalue weighted by atomic mass is 32.2. The summed E-state index contributed by atoms with van der Waals surface area (Å²) in [5.41, 5.74) is -0.373. The molecule has 2 nitrogen and oxygen atoms in total. The second kappa shape index (κ2) is 4.18. The van der Waals surface area contributed by atoms with Crippen molar-refractivity contribution in [3.8, 4) is 0 Å².